The summed E-state index contributed by atoms with van der Waals surface area (Å²) in [5.41, 5.74) is 0. The highest BCUT2D eigenvalue weighted by atomic mass is 16.6. The van der Waals surface area contributed by atoms with Crippen molar-refractivity contribution in [1.29, 1.82) is 0 Å². The molecule has 0 aromatic heterocycles. The Kier molecular flexibility index (Phi) is 68.5. The van der Waals surface area contributed by atoms with Crippen LogP contribution >= 0.6 is 0 Å². The SMILES string of the molecule is CCCCCCCCCC/C=C\CCCCCCCCCCCCCCCCCCCCCC(=O)OCC(COC(=O)CCCCCCCCC)OC(=O)CCCCCCCCCCCCCCC/C=C\CCCCCCCCCC. The summed E-state index contributed by atoms with van der Waals surface area (Å²) in [4.78, 5) is 38.2. The van der Waals surface area contributed by atoms with E-state index in [0.717, 1.165) is 57.8 Å². The molecule has 0 heterocycles. The van der Waals surface area contributed by atoms with Gasteiger partial charge in [-0.3, -0.25) is 14.4 Å². The van der Waals surface area contributed by atoms with Crippen LogP contribution in [-0.2, 0) is 28.6 Å². The van der Waals surface area contributed by atoms with E-state index in [4.69, 9.17) is 14.2 Å². The van der Waals surface area contributed by atoms with Crippen LogP contribution in [0.15, 0.2) is 24.3 Å². The fraction of sp³-hybridized carbons (Fsp3) is 0.907. The monoisotopic (exact) mass is 1140 g/mol. The third-order valence-electron chi connectivity index (χ3n) is 16.9. The highest BCUT2D eigenvalue weighted by molar-refractivity contribution is 5.71. The molecule has 6 nitrogen and oxygen atoms in total. The summed E-state index contributed by atoms with van der Waals surface area (Å²) >= 11 is 0. The van der Waals surface area contributed by atoms with Crippen molar-refractivity contribution in [3.63, 3.8) is 0 Å². The van der Waals surface area contributed by atoms with Crippen LogP contribution in [0.3, 0.4) is 0 Å². The third kappa shape index (κ3) is 68.6. The number of esters is 3. The minimum Gasteiger partial charge on any atom is -0.462 e. The second kappa shape index (κ2) is 70.4. The van der Waals surface area contributed by atoms with Gasteiger partial charge in [-0.25, -0.2) is 0 Å². The molecule has 81 heavy (non-hydrogen) atoms. The number of carbonyl (C=O) groups excluding carboxylic acids is 3. The fourth-order valence-electron chi connectivity index (χ4n) is 11.4. The van der Waals surface area contributed by atoms with Crippen molar-refractivity contribution in [3.05, 3.63) is 24.3 Å². The number of allylic oxidation sites excluding steroid dienone is 4. The predicted molar refractivity (Wildman–Crippen MR) is 353 cm³/mol. The first-order valence-corrected chi connectivity index (χ1v) is 36.8. The van der Waals surface area contributed by atoms with Crippen LogP contribution in [0.25, 0.3) is 0 Å². The zero-order chi connectivity index (χ0) is 58.5. The molecule has 0 fully saturated rings. The van der Waals surface area contributed by atoms with E-state index in [-0.39, 0.29) is 31.1 Å². The van der Waals surface area contributed by atoms with Gasteiger partial charge >= 0.3 is 17.9 Å². The zero-order valence-corrected chi connectivity index (χ0v) is 55.1. The van der Waals surface area contributed by atoms with Gasteiger partial charge < -0.3 is 14.2 Å². The summed E-state index contributed by atoms with van der Waals surface area (Å²) in [6, 6.07) is 0. The molecule has 0 amide bonds. The summed E-state index contributed by atoms with van der Waals surface area (Å²) in [6.07, 6.45) is 86.9. The molecule has 0 radical (unpaired) electrons. The maximum absolute atomic E-state index is 12.9. The summed E-state index contributed by atoms with van der Waals surface area (Å²) in [5.74, 6) is -0.842. The van der Waals surface area contributed by atoms with E-state index in [1.807, 2.05) is 0 Å². The van der Waals surface area contributed by atoms with Crippen LogP contribution in [-0.4, -0.2) is 37.2 Å². The van der Waals surface area contributed by atoms with Gasteiger partial charge in [0.05, 0.1) is 0 Å². The summed E-state index contributed by atoms with van der Waals surface area (Å²) < 4.78 is 16.9. The van der Waals surface area contributed by atoms with Crippen molar-refractivity contribution in [2.24, 2.45) is 0 Å². The number of rotatable bonds is 69. The number of hydrogen-bond donors (Lipinski definition) is 0. The molecule has 6 heteroatoms. The summed E-state index contributed by atoms with van der Waals surface area (Å²) in [5, 5.41) is 0. The van der Waals surface area contributed by atoms with Gasteiger partial charge in [0.25, 0.3) is 0 Å². The molecule has 0 aromatic rings. The van der Waals surface area contributed by atoms with Crippen molar-refractivity contribution >= 4 is 17.9 Å². The Bertz CT molecular complexity index is 1310. The second-order valence-electron chi connectivity index (χ2n) is 25.2. The average Bonchev–Trinajstić information content (AvgIpc) is 3.46. The van der Waals surface area contributed by atoms with Gasteiger partial charge in [-0.1, -0.05) is 353 Å². The Morgan fingerprint density at radius 3 is 0.617 bits per heavy atom. The first kappa shape index (κ1) is 78.9. The Labute approximate surface area is 506 Å². The minimum atomic E-state index is -0.766. The Morgan fingerprint density at radius 1 is 0.235 bits per heavy atom. The van der Waals surface area contributed by atoms with Crippen LogP contribution in [0, 0.1) is 0 Å². The lowest BCUT2D eigenvalue weighted by molar-refractivity contribution is -0.167. The number of carbonyl (C=O) groups is 3. The number of hydrogen-bond acceptors (Lipinski definition) is 6. The molecule has 0 aromatic carbocycles. The van der Waals surface area contributed by atoms with Gasteiger partial charge in [-0.2, -0.15) is 0 Å². The highest BCUT2D eigenvalue weighted by Crippen LogP contribution is 2.19. The first-order valence-electron chi connectivity index (χ1n) is 36.8. The van der Waals surface area contributed by atoms with E-state index in [1.54, 1.807) is 0 Å². The standard InChI is InChI=1S/C75H142O6/c1-4-7-10-13-16-18-20-22-24-26-28-30-32-34-35-36-37-38-39-41-42-44-46-48-50-52-54-56-59-62-65-68-74(77)80-71-72(70-79-73(76)67-64-61-58-15-12-9-6-3)81-75(78)69-66-63-60-57-55-53-51-49-47-45-43-40-33-31-29-27-25-23-21-19-17-14-11-8-5-2/h26-29,72H,4-25,30-71H2,1-3H3/b28-26-,29-27-. The summed E-state index contributed by atoms with van der Waals surface area (Å²) in [6.45, 7) is 6.67. The van der Waals surface area contributed by atoms with Crippen LogP contribution in [0.2, 0.25) is 0 Å². The molecule has 0 saturated carbocycles. The smallest absolute Gasteiger partial charge is 0.306 e. The molecule has 0 bridgehead atoms. The molecule has 0 N–H and O–H groups in total. The molecular weight excluding hydrogens is 997 g/mol. The Balaban J connectivity index is 3.98. The molecular formula is C75H142O6. The lowest BCUT2D eigenvalue weighted by Crippen LogP contribution is -2.30. The molecule has 1 atom stereocenters. The molecule has 0 rings (SSSR count). The van der Waals surface area contributed by atoms with Crippen molar-refractivity contribution in [3.8, 4) is 0 Å². The maximum atomic E-state index is 12.9. The second-order valence-corrected chi connectivity index (χ2v) is 25.2. The van der Waals surface area contributed by atoms with Gasteiger partial charge in [0.15, 0.2) is 6.10 Å². The van der Waals surface area contributed by atoms with Crippen molar-refractivity contribution in [2.75, 3.05) is 13.2 Å². The van der Waals surface area contributed by atoms with Gasteiger partial charge in [0.2, 0.25) is 0 Å². The van der Waals surface area contributed by atoms with E-state index < -0.39 is 6.10 Å². The van der Waals surface area contributed by atoms with Crippen molar-refractivity contribution in [1.82, 2.24) is 0 Å². The number of unbranched alkanes of at least 4 members (excludes halogenated alkanes) is 54. The average molecular weight is 1140 g/mol. The molecule has 0 spiro atoms. The van der Waals surface area contributed by atoms with E-state index in [0.29, 0.717) is 19.3 Å². The molecule has 0 aliphatic rings. The Morgan fingerprint density at radius 2 is 0.407 bits per heavy atom. The molecule has 478 valence electrons. The van der Waals surface area contributed by atoms with Crippen LogP contribution in [0.5, 0.6) is 0 Å². The fourth-order valence-corrected chi connectivity index (χ4v) is 11.4. The predicted octanol–water partition coefficient (Wildman–Crippen LogP) is 25.3. The Hall–Kier alpha value is -2.11. The van der Waals surface area contributed by atoms with Crippen LogP contribution in [0.4, 0.5) is 0 Å². The lowest BCUT2D eigenvalue weighted by atomic mass is 10.0. The van der Waals surface area contributed by atoms with Gasteiger partial charge in [-0.05, 0) is 70.6 Å². The van der Waals surface area contributed by atoms with Crippen LogP contribution < -0.4 is 0 Å². The number of ether oxygens (including phenoxy) is 3. The lowest BCUT2D eigenvalue weighted by Gasteiger charge is -2.18. The van der Waals surface area contributed by atoms with Crippen LogP contribution in [0.1, 0.15) is 419 Å². The quantitative estimate of drug-likeness (QED) is 0.0261. The third-order valence-corrected chi connectivity index (χ3v) is 16.9. The molecule has 0 saturated heterocycles. The summed E-state index contributed by atoms with van der Waals surface area (Å²) in [7, 11) is 0. The first-order chi connectivity index (χ1) is 40.0. The zero-order valence-electron chi connectivity index (χ0n) is 55.1. The highest BCUT2D eigenvalue weighted by Gasteiger charge is 2.19. The largest absolute Gasteiger partial charge is 0.462 e. The molecule has 1 unspecified atom stereocenters. The maximum Gasteiger partial charge on any atom is 0.306 e. The van der Waals surface area contributed by atoms with E-state index >= 15 is 0 Å². The van der Waals surface area contributed by atoms with Gasteiger partial charge in [0.1, 0.15) is 13.2 Å². The van der Waals surface area contributed by atoms with Crippen molar-refractivity contribution < 1.29 is 28.6 Å². The molecule has 0 aliphatic carbocycles. The van der Waals surface area contributed by atoms with Gasteiger partial charge in [-0.15, -0.1) is 0 Å². The topological polar surface area (TPSA) is 78.9 Å². The van der Waals surface area contributed by atoms with Crippen molar-refractivity contribution in [2.45, 2.75) is 425 Å². The van der Waals surface area contributed by atoms with E-state index in [1.165, 1.54) is 321 Å². The molecule has 0 aliphatic heterocycles. The van der Waals surface area contributed by atoms with Gasteiger partial charge in [0, 0.05) is 19.3 Å². The van der Waals surface area contributed by atoms with E-state index in [2.05, 4.69) is 45.1 Å². The van der Waals surface area contributed by atoms with E-state index in [9.17, 15) is 14.4 Å². The minimum absolute atomic E-state index is 0.0651. The normalized spacial score (nSPS) is 12.1.